The molecule has 1 aromatic carbocycles. The molecule has 0 bridgehead atoms. The molecule has 0 aliphatic heterocycles. The summed E-state index contributed by atoms with van der Waals surface area (Å²) in [6.07, 6.45) is 4.50. The number of nitrogens with zero attached hydrogens (tertiary/aromatic N) is 1. The maximum atomic E-state index is 11.8. The summed E-state index contributed by atoms with van der Waals surface area (Å²) in [6.45, 7) is 1.81. The van der Waals surface area contributed by atoms with E-state index in [9.17, 15) is 9.90 Å². The van der Waals surface area contributed by atoms with Crippen LogP contribution in [0.25, 0.3) is 0 Å². The van der Waals surface area contributed by atoms with E-state index in [1.807, 2.05) is 19.1 Å². The van der Waals surface area contributed by atoms with Crippen molar-refractivity contribution in [3.05, 3.63) is 53.9 Å². The van der Waals surface area contributed by atoms with Crippen LogP contribution in [-0.2, 0) is 11.2 Å². The predicted octanol–water partition coefficient (Wildman–Crippen LogP) is 2.67. The van der Waals surface area contributed by atoms with Crippen LogP contribution in [0.1, 0.15) is 17.5 Å². The van der Waals surface area contributed by atoms with Crippen molar-refractivity contribution in [3.8, 4) is 5.75 Å². The van der Waals surface area contributed by atoms with E-state index in [-0.39, 0.29) is 11.7 Å². The molecule has 2 rings (SSSR count). The first-order valence-corrected chi connectivity index (χ1v) is 6.13. The van der Waals surface area contributed by atoms with Crippen molar-refractivity contribution in [2.75, 3.05) is 5.32 Å². The quantitative estimate of drug-likeness (QED) is 0.884. The Bertz CT molecular complexity index is 568. The summed E-state index contributed by atoms with van der Waals surface area (Å²) >= 11 is 0. The van der Waals surface area contributed by atoms with Gasteiger partial charge in [0.2, 0.25) is 5.91 Å². The van der Waals surface area contributed by atoms with Gasteiger partial charge in [0.25, 0.3) is 0 Å². The van der Waals surface area contributed by atoms with Crippen molar-refractivity contribution in [2.45, 2.75) is 19.8 Å². The minimum Gasteiger partial charge on any atom is -0.508 e. The zero-order valence-electron chi connectivity index (χ0n) is 10.8. The van der Waals surface area contributed by atoms with Gasteiger partial charge in [-0.2, -0.15) is 0 Å². The molecule has 4 nitrogen and oxygen atoms in total. The average Bonchev–Trinajstić information content (AvgIpc) is 2.42. The highest BCUT2D eigenvalue weighted by Gasteiger charge is 2.04. The molecule has 0 spiro atoms. The standard InChI is InChI=1S/C15H16N2O2/c1-11-4-6-13(9-14(11)18)17-15(19)7-5-12-3-2-8-16-10-12/h2-4,6,8-10,18H,5,7H2,1H3,(H,17,19). The number of aryl methyl sites for hydroxylation is 2. The highest BCUT2D eigenvalue weighted by molar-refractivity contribution is 5.91. The Morgan fingerprint density at radius 1 is 1.37 bits per heavy atom. The lowest BCUT2D eigenvalue weighted by atomic mass is 10.1. The van der Waals surface area contributed by atoms with Gasteiger partial charge in [-0.05, 0) is 36.6 Å². The monoisotopic (exact) mass is 256 g/mol. The van der Waals surface area contributed by atoms with Crippen molar-refractivity contribution < 1.29 is 9.90 Å². The highest BCUT2D eigenvalue weighted by atomic mass is 16.3. The molecule has 0 fully saturated rings. The summed E-state index contributed by atoms with van der Waals surface area (Å²) in [5, 5.41) is 12.3. The first-order valence-electron chi connectivity index (χ1n) is 6.13. The summed E-state index contributed by atoms with van der Waals surface area (Å²) in [7, 11) is 0. The molecule has 1 aromatic heterocycles. The Morgan fingerprint density at radius 2 is 2.21 bits per heavy atom. The molecule has 2 N–H and O–H groups in total. The fraction of sp³-hybridized carbons (Fsp3) is 0.200. The first-order chi connectivity index (χ1) is 9.15. The Labute approximate surface area is 112 Å². The van der Waals surface area contributed by atoms with Crippen LogP contribution in [-0.4, -0.2) is 16.0 Å². The molecule has 0 saturated carbocycles. The largest absolute Gasteiger partial charge is 0.508 e. The second-order valence-corrected chi connectivity index (χ2v) is 4.41. The molecule has 0 unspecified atom stereocenters. The maximum Gasteiger partial charge on any atom is 0.224 e. The number of benzene rings is 1. The number of aromatic hydroxyl groups is 1. The zero-order chi connectivity index (χ0) is 13.7. The van der Waals surface area contributed by atoms with Crippen LogP contribution < -0.4 is 5.32 Å². The highest BCUT2D eigenvalue weighted by Crippen LogP contribution is 2.20. The molecule has 2 aromatic rings. The molecule has 0 radical (unpaired) electrons. The number of hydrogen-bond acceptors (Lipinski definition) is 3. The van der Waals surface area contributed by atoms with Crippen LogP contribution in [0, 0.1) is 6.92 Å². The van der Waals surface area contributed by atoms with Crippen LogP contribution in [0.2, 0.25) is 0 Å². The molecule has 19 heavy (non-hydrogen) atoms. The number of nitrogens with one attached hydrogen (secondary N) is 1. The molecule has 4 heteroatoms. The number of phenols is 1. The number of carbonyl (C=O) groups is 1. The van der Waals surface area contributed by atoms with Gasteiger partial charge in [-0.3, -0.25) is 9.78 Å². The van der Waals surface area contributed by atoms with Crippen LogP contribution in [0.4, 0.5) is 5.69 Å². The minimum absolute atomic E-state index is 0.0768. The van der Waals surface area contributed by atoms with Crippen LogP contribution in [0.3, 0.4) is 0 Å². The number of anilines is 1. The second kappa shape index (κ2) is 6.00. The SMILES string of the molecule is Cc1ccc(NC(=O)CCc2cccnc2)cc1O. The van der Waals surface area contributed by atoms with Crippen molar-refractivity contribution in [1.82, 2.24) is 4.98 Å². The van der Waals surface area contributed by atoms with Crippen molar-refractivity contribution in [1.29, 1.82) is 0 Å². The Morgan fingerprint density at radius 3 is 2.89 bits per heavy atom. The molecule has 0 atom stereocenters. The van der Waals surface area contributed by atoms with Crippen molar-refractivity contribution >= 4 is 11.6 Å². The second-order valence-electron chi connectivity index (χ2n) is 4.41. The summed E-state index contributed by atoms with van der Waals surface area (Å²) in [4.78, 5) is 15.8. The van der Waals surface area contributed by atoms with Gasteiger partial charge in [0.1, 0.15) is 5.75 Å². The van der Waals surface area contributed by atoms with Crippen LogP contribution in [0.15, 0.2) is 42.7 Å². The van der Waals surface area contributed by atoms with E-state index in [1.54, 1.807) is 30.6 Å². The molecule has 0 aliphatic carbocycles. The lowest BCUT2D eigenvalue weighted by Gasteiger charge is -2.07. The fourth-order valence-corrected chi connectivity index (χ4v) is 1.71. The molecule has 0 saturated heterocycles. The summed E-state index contributed by atoms with van der Waals surface area (Å²) in [5.74, 6) is 0.108. The van der Waals surface area contributed by atoms with E-state index in [4.69, 9.17) is 0 Å². The summed E-state index contributed by atoms with van der Waals surface area (Å²) < 4.78 is 0. The van der Waals surface area contributed by atoms with Crippen molar-refractivity contribution in [2.24, 2.45) is 0 Å². The Hall–Kier alpha value is -2.36. The number of carbonyl (C=O) groups excluding carboxylic acids is 1. The number of amides is 1. The number of hydrogen-bond donors (Lipinski definition) is 2. The third-order valence-electron chi connectivity index (χ3n) is 2.86. The van der Waals surface area contributed by atoms with E-state index >= 15 is 0 Å². The van der Waals surface area contributed by atoms with Crippen LogP contribution in [0.5, 0.6) is 5.75 Å². The Kier molecular flexibility index (Phi) is 4.13. The summed E-state index contributed by atoms with van der Waals surface area (Å²) in [6, 6.07) is 8.89. The number of rotatable bonds is 4. The van der Waals surface area contributed by atoms with E-state index in [1.165, 1.54) is 0 Å². The average molecular weight is 256 g/mol. The third-order valence-corrected chi connectivity index (χ3v) is 2.86. The molecule has 1 heterocycles. The summed E-state index contributed by atoms with van der Waals surface area (Å²) in [5.41, 5.74) is 2.43. The van der Waals surface area contributed by atoms with Gasteiger partial charge in [0.15, 0.2) is 0 Å². The fourth-order valence-electron chi connectivity index (χ4n) is 1.71. The van der Waals surface area contributed by atoms with Gasteiger partial charge in [-0.15, -0.1) is 0 Å². The Balaban J connectivity index is 1.89. The predicted molar refractivity (Wildman–Crippen MR) is 74.0 cm³/mol. The van der Waals surface area contributed by atoms with E-state index in [2.05, 4.69) is 10.3 Å². The first kappa shape index (κ1) is 13.1. The lowest BCUT2D eigenvalue weighted by Crippen LogP contribution is -2.12. The lowest BCUT2D eigenvalue weighted by molar-refractivity contribution is -0.116. The number of phenolic OH excluding ortho intramolecular Hbond substituents is 1. The van der Waals surface area contributed by atoms with E-state index in [0.717, 1.165) is 11.1 Å². The van der Waals surface area contributed by atoms with Crippen LogP contribution >= 0.6 is 0 Å². The normalized spacial score (nSPS) is 10.2. The smallest absolute Gasteiger partial charge is 0.224 e. The molecular weight excluding hydrogens is 240 g/mol. The topological polar surface area (TPSA) is 62.2 Å². The molecule has 1 amide bonds. The van der Waals surface area contributed by atoms with E-state index < -0.39 is 0 Å². The van der Waals surface area contributed by atoms with Gasteiger partial charge in [0, 0.05) is 30.6 Å². The van der Waals surface area contributed by atoms with E-state index in [0.29, 0.717) is 18.5 Å². The number of pyridine rings is 1. The molecular formula is C15H16N2O2. The van der Waals surface area contributed by atoms with Gasteiger partial charge in [-0.25, -0.2) is 0 Å². The van der Waals surface area contributed by atoms with Crippen molar-refractivity contribution in [3.63, 3.8) is 0 Å². The minimum atomic E-state index is -0.0768. The molecule has 98 valence electrons. The third kappa shape index (κ3) is 3.81. The van der Waals surface area contributed by atoms with Gasteiger partial charge in [0.05, 0.1) is 0 Å². The molecule has 0 aliphatic rings. The number of aromatic nitrogens is 1. The van der Waals surface area contributed by atoms with Gasteiger partial charge in [-0.1, -0.05) is 12.1 Å². The zero-order valence-corrected chi connectivity index (χ0v) is 10.8. The van der Waals surface area contributed by atoms with Gasteiger partial charge >= 0.3 is 0 Å². The van der Waals surface area contributed by atoms with Gasteiger partial charge < -0.3 is 10.4 Å². The maximum absolute atomic E-state index is 11.8.